The van der Waals surface area contributed by atoms with Gasteiger partial charge in [0, 0.05) is 12.6 Å². The lowest BCUT2D eigenvalue weighted by Crippen LogP contribution is -2.26. The van der Waals surface area contributed by atoms with Crippen molar-refractivity contribution >= 4 is 18.3 Å². The van der Waals surface area contributed by atoms with Crippen LogP contribution in [-0.4, -0.2) is 22.7 Å². The van der Waals surface area contributed by atoms with Gasteiger partial charge in [0.2, 0.25) is 0 Å². The van der Waals surface area contributed by atoms with E-state index >= 15 is 0 Å². The van der Waals surface area contributed by atoms with Gasteiger partial charge in [-0.25, -0.2) is 5.06 Å². The van der Waals surface area contributed by atoms with Crippen molar-refractivity contribution in [1.29, 1.82) is 0 Å². The third kappa shape index (κ3) is 11.9. The van der Waals surface area contributed by atoms with Crippen LogP contribution in [0.15, 0.2) is 12.2 Å². The number of halogens is 1. The summed E-state index contributed by atoms with van der Waals surface area (Å²) in [5.74, 6) is -0.324. The molecule has 0 fully saturated rings. The zero-order valence-electron chi connectivity index (χ0n) is 11.7. The average Bonchev–Trinajstić information content (AvgIpc) is 2.32. The van der Waals surface area contributed by atoms with Crippen molar-refractivity contribution in [2.24, 2.45) is 0 Å². The lowest BCUT2D eigenvalue weighted by atomic mass is 10.1. The van der Waals surface area contributed by atoms with E-state index < -0.39 is 0 Å². The Morgan fingerprint density at radius 2 is 1.56 bits per heavy atom. The average molecular weight is 278 g/mol. The number of hydroxylamine groups is 2. The van der Waals surface area contributed by atoms with Gasteiger partial charge in [0.1, 0.15) is 0 Å². The number of unbranched alkanes of at least 4 members (excludes halogenated alkanes) is 7. The molecule has 3 nitrogen and oxygen atoms in total. The van der Waals surface area contributed by atoms with Crippen molar-refractivity contribution in [1.82, 2.24) is 5.06 Å². The molecular weight excluding hydrogens is 250 g/mol. The fourth-order valence-corrected chi connectivity index (χ4v) is 1.73. The SMILES string of the molecule is CC=CC(=O)N(O)CCCCCCCCCC.Cl. The van der Waals surface area contributed by atoms with Gasteiger partial charge < -0.3 is 0 Å². The smallest absolute Gasteiger partial charge is 0.269 e. The Bertz CT molecular complexity index is 220. The van der Waals surface area contributed by atoms with Crippen LogP contribution in [0.25, 0.3) is 0 Å². The summed E-state index contributed by atoms with van der Waals surface area (Å²) in [6, 6.07) is 0. The Morgan fingerprint density at radius 1 is 1.06 bits per heavy atom. The highest BCUT2D eigenvalue weighted by molar-refractivity contribution is 5.86. The van der Waals surface area contributed by atoms with Gasteiger partial charge in [0.15, 0.2) is 0 Å². The van der Waals surface area contributed by atoms with E-state index in [0.29, 0.717) is 6.54 Å². The summed E-state index contributed by atoms with van der Waals surface area (Å²) in [7, 11) is 0. The molecule has 0 unspecified atom stereocenters. The summed E-state index contributed by atoms with van der Waals surface area (Å²) < 4.78 is 0. The Labute approximate surface area is 118 Å². The van der Waals surface area contributed by atoms with Crippen LogP contribution in [0.4, 0.5) is 0 Å². The molecule has 0 spiro atoms. The maximum absolute atomic E-state index is 11.2. The summed E-state index contributed by atoms with van der Waals surface area (Å²) >= 11 is 0. The minimum absolute atomic E-state index is 0. The minimum Gasteiger partial charge on any atom is -0.286 e. The molecule has 0 aliphatic carbocycles. The quantitative estimate of drug-likeness (QED) is 0.279. The van der Waals surface area contributed by atoms with Crippen LogP contribution in [-0.2, 0) is 4.79 Å². The number of hydrogen-bond donors (Lipinski definition) is 1. The van der Waals surface area contributed by atoms with Gasteiger partial charge in [0.25, 0.3) is 5.91 Å². The third-order valence-electron chi connectivity index (χ3n) is 2.79. The second-order valence-corrected chi connectivity index (χ2v) is 4.44. The Hall–Kier alpha value is -0.540. The molecule has 1 N–H and O–H groups in total. The fourth-order valence-electron chi connectivity index (χ4n) is 1.73. The van der Waals surface area contributed by atoms with Gasteiger partial charge in [-0.3, -0.25) is 10.0 Å². The predicted octanol–water partition coefficient (Wildman–Crippen LogP) is 4.34. The van der Waals surface area contributed by atoms with E-state index in [9.17, 15) is 10.0 Å². The van der Waals surface area contributed by atoms with Crippen LogP contribution in [0.3, 0.4) is 0 Å². The van der Waals surface area contributed by atoms with Gasteiger partial charge in [0.05, 0.1) is 0 Å². The number of hydrogen-bond acceptors (Lipinski definition) is 2. The zero-order valence-corrected chi connectivity index (χ0v) is 12.5. The molecule has 108 valence electrons. The van der Waals surface area contributed by atoms with Gasteiger partial charge in [-0.1, -0.05) is 57.9 Å². The molecule has 0 aromatic rings. The number of carbonyl (C=O) groups excluding carboxylic acids is 1. The number of allylic oxidation sites excluding steroid dienone is 1. The molecule has 0 aliphatic rings. The first kappa shape index (κ1) is 19.8. The highest BCUT2D eigenvalue weighted by atomic mass is 35.5. The van der Waals surface area contributed by atoms with E-state index in [1.807, 2.05) is 0 Å². The molecule has 0 saturated heterocycles. The maximum atomic E-state index is 11.2. The molecule has 0 atom stereocenters. The molecule has 0 aromatic heterocycles. The fraction of sp³-hybridized carbons (Fsp3) is 0.786. The van der Waals surface area contributed by atoms with E-state index in [4.69, 9.17) is 0 Å². The lowest BCUT2D eigenvalue weighted by molar-refractivity contribution is -0.159. The number of nitrogens with zero attached hydrogens (tertiary/aromatic N) is 1. The maximum Gasteiger partial charge on any atom is 0.269 e. The summed E-state index contributed by atoms with van der Waals surface area (Å²) in [5.41, 5.74) is 0. The first-order chi connectivity index (χ1) is 8.22. The molecule has 0 aliphatic heterocycles. The number of amides is 1. The van der Waals surface area contributed by atoms with Gasteiger partial charge >= 0.3 is 0 Å². The Kier molecular flexibility index (Phi) is 16.0. The van der Waals surface area contributed by atoms with Crippen LogP contribution >= 0.6 is 12.4 Å². The van der Waals surface area contributed by atoms with Crippen LogP contribution in [0.1, 0.15) is 65.2 Å². The van der Waals surface area contributed by atoms with Gasteiger partial charge in [-0.2, -0.15) is 0 Å². The second kappa shape index (κ2) is 14.5. The first-order valence-corrected chi connectivity index (χ1v) is 6.85. The van der Waals surface area contributed by atoms with Crippen molar-refractivity contribution in [3.63, 3.8) is 0 Å². The summed E-state index contributed by atoms with van der Waals surface area (Å²) in [4.78, 5) is 11.2. The topological polar surface area (TPSA) is 40.5 Å². The van der Waals surface area contributed by atoms with E-state index in [0.717, 1.165) is 17.9 Å². The highest BCUT2D eigenvalue weighted by Crippen LogP contribution is 2.08. The normalized spacial score (nSPS) is 10.4. The zero-order chi connectivity index (χ0) is 12.9. The van der Waals surface area contributed by atoms with E-state index in [1.165, 1.54) is 44.6 Å². The summed E-state index contributed by atoms with van der Waals surface area (Å²) in [6.45, 7) is 4.43. The molecule has 0 radical (unpaired) electrons. The molecule has 0 heterocycles. The standard InChI is InChI=1S/C14H27NO2.ClH/c1-3-5-6-7-8-9-10-11-13-15(17)14(16)12-4-2;/h4,12,17H,3,5-11,13H2,1-2H3;1H. The molecule has 4 heteroatoms. The largest absolute Gasteiger partial charge is 0.286 e. The monoisotopic (exact) mass is 277 g/mol. The lowest BCUT2D eigenvalue weighted by Gasteiger charge is -2.12. The number of rotatable bonds is 10. The van der Waals surface area contributed by atoms with Crippen molar-refractivity contribution in [2.75, 3.05) is 6.54 Å². The van der Waals surface area contributed by atoms with Crippen molar-refractivity contribution < 1.29 is 10.0 Å². The molecule has 18 heavy (non-hydrogen) atoms. The van der Waals surface area contributed by atoms with E-state index in [1.54, 1.807) is 13.0 Å². The van der Waals surface area contributed by atoms with Gasteiger partial charge in [-0.15, -0.1) is 12.4 Å². The van der Waals surface area contributed by atoms with Crippen molar-refractivity contribution in [3.05, 3.63) is 12.2 Å². The van der Waals surface area contributed by atoms with Crippen LogP contribution in [0.2, 0.25) is 0 Å². The van der Waals surface area contributed by atoms with E-state index in [2.05, 4.69) is 6.92 Å². The molecule has 0 bridgehead atoms. The van der Waals surface area contributed by atoms with Crippen molar-refractivity contribution in [2.45, 2.75) is 65.2 Å². The highest BCUT2D eigenvalue weighted by Gasteiger charge is 2.05. The minimum atomic E-state index is -0.324. The Balaban J connectivity index is 0. The van der Waals surface area contributed by atoms with Crippen LogP contribution < -0.4 is 0 Å². The molecule has 0 saturated carbocycles. The third-order valence-corrected chi connectivity index (χ3v) is 2.79. The molecule has 1 amide bonds. The second-order valence-electron chi connectivity index (χ2n) is 4.44. The van der Waals surface area contributed by atoms with Crippen LogP contribution in [0, 0.1) is 0 Å². The molecule has 0 aromatic carbocycles. The molecular formula is C14H28ClNO2. The predicted molar refractivity (Wildman–Crippen MR) is 78.2 cm³/mol. The number of carbonyl (C=O) groups is 1. The van der Waals surface area contributed by atoms with Crippen LogP contribution in [0.5, 0.6) is 0 Å². The van der Waals surface area contributed by atoms with Crippen molar-refractivity contribution in [3.8, 4) is 0 Å². The molecule has 0 rings (SSSR count). The van der Waals surface area contributed by atoms with E-state index in [-0.39, 0.29) is 18.3 Å². The Morgan fingerprint density at radius 3 is 2.06 bits per heavy atom. The first-order valence-electron chi connectivity index (χ1n) is 6.85. The summed E-state index contributed by atoms with van der Waals surface area (Å²) in [6.07, 6.45) is 12.7. The van der Waals surface area contributed by atoms with Gasteiger partial charge in [-0.05, 0) is 13.3 Å². The summed E-state index contributed by atoms with van der Waals surface area (Å²) in [5, 5.41) is 10.2.